The normalized spacial score (nSPS) is 20.1. The van der Waals surface area contributed by atoms with Gasteiger partial charge in [-0.25, -0.2) is 9.37 Å². The molecule has 2 N–H and O–H groups in total. The summed E-state index contributed by atoms with van der Waals surface area (Å²) in [4.78, 5) is 30.7. The van der Waals surface area contributed by atoms with E-state index in [4.69, 9.17) is 16.3 Å². The Morgan fingerprint density at radius 2 is 2.00 bits per heavy atom. The number of rotatable bonds is 6. The third-order valence-corrected chi connectivity index (χ3v) is 7.48. The summed E-state index contributed by atoms with van der Waals surface area (Å²) in [6.45, 7) is 4.33. The zero-order chi connectivity index (χ0) is 24.1. The van der Waals surface area contributed by atoms with Gasteiger partial charge in [0.05, 0.1) is 16.2 Å². The van der Waals surface area contributed by atoms with E-state index in [9.17, 15) is 14.0 Å². The standard InChI is InChI=1S/C25H25ClFN5O3.2ClH/c26-17-7-20-25(30-21(33)13-35-20)29-19(17)9-28-8-14-5-6-31(10-14)11-16-12-32-22(34)4-2-15-1-3-18(27)23(16)24(15)32;;/h1-4,7,14,16,28H,5-6,8-13H2,(H,29,30,33);2*1H. The summed E-state index contributed by atoms with van der Waals surface area (Å²) in [6.07, 6.45) is 1.04. The van der Waals surface area contributed by atoms with Crippen molar-refractivity contribution in [2.75, 3.05) is 38.1 Å². The highest BCUT2D eigenvalue weighted by atomic mass is 35.5. The van der Waals surface area contributed by atoms with Gasteiger partial charge in [0.2, 0.25) is 0 Å². The predicted molar refractivity (Wildman–Crippen MR) is 145 cm³/mol. The van der Waals surface area contributed by atoms with Gasteiger partial charge in [-0.05, 0) is 49.0 Å². The van der Waals surface area contributed by atoms with Gasteiger partial charge in [0, 0.05) is 49.8 Å². The van der Waals surface area contributed by atoms with Gasteiger partial charge in [-0.3, -0.25) is 9.59 Å². The molecule has 0 aliphatic carbocycles. The molecular formula is C25H27Cl3FN5O3. The lowest BCUT2D eigenvalue weighted by atomic mass is 9.98. The number of benzene rings is 1. The minimum absolute atomic E-state index is 0. The van der Waals surface area contributed by atoms with Crippen molar-refractivity contribution in [3.05, 3.63) is 62.8 Å². The zero-order valence-electron chi connectivity index (χ0n) is 19.8. The highest BCUT2D eigenvalue weighted by Gasteiger charge is 2.32. The molecule has 0 bridgehead atoms. The number of amides is 1. The Bertz CT molecular complexity index is 1400. The van der Waals surface area contributed by atoms with E-state index in [1.807, 2.05) is 0 Å². The van der Waals surface area contributed by atoms with E-state index < -0.39 is 0 Å². The van der Waals surface area contributed by atoms with Crippen LogP contribution in [0.2, 0.25) is 5.02 Å². The number of hydrogen-bond donors (Lipinski definition) is 2. The average Bonchev–Trinajstić information content (AvgIpc) is 3.45. The van der Waals surface area contributed by atoms with E-state index in [1.54, 1.807) is 28.8 Å². The van der Waals surface area contributed by atoms with Crippen LogP contribution in [-0.2, 0) is 17.9 Å². The van der Waals surface area contributed by atoms with Crippen LogP contribution < -0.4 is 20.9 Å². The topological polar surface area (TPSA) is 88.5 Å². The molecule has 6 rings (SSSR count). The number of pyridine rings is 2. The van der Waals surface area contributed by atoms with Gasteiger partial charge >= 0.3 is 0 Å². The Morgan fingerprint density at radius 1 is 1.19 bits per heavy atom. The van der Waals surface area contributed by atoms with Gasteiger partial charge in [0.25, 0.3) is 11.5 Å². The smallest absolute Gasteiger partial charge is 0.263 e. The van der Waals surface area contributed by atoms with Crippen LogP contribution >= 0.6 is 36.4 Å². The lowest BCUT2D eigenvalue weighted by Crippen LogP contribution is -2.30. The molecule has 12 heteroatoms. The van der Waals surface area contributed by atoms with Crippen LogP contribution in [0, 0.1) is 11.7 Å². The van der Waals surface area contributed by atoms with Gasteiger partial charge < -0.3 is 24.8 Å². The Balaban J connectivity index is 0.00000160. The lowest BCUT2D eigenvalue weighted by molar-refractivity contribution is -0.118. The number of anilines is 1. The van der Waals surface area contributed by atoms with Crippen molar-refractivity contribution >= 4 is 59.0 Å². The van der Waals surface area contributed by atoms with E-state index in [2.05, 4.69) is 20.5 Å². The van der Waals surface area contributed by atoms with Crippen LogP contribution in [0.4, 0.5) is 10.2 Å². The Hall–Kier alpha value is -2.43. The summed E-state index contributed by atoms with van der Waals surface area (Å²) in [7, 11) is 0. The minimum atomic E-state index is -0.233. The van der Waals surface area contributed by atoms with Crippen LogP contribution in [0.25, 0.3) is 10.9 Å². The highest BCUT2D eigenvalue weighted by molar-refractivity contribution is 6.31. The van der Waals surface area contributed by atoms with Crippen LogP contribution in [0.1, 0.15) is 23.6 Å². The number of carbonyl (C=O) groups is 1. The molecule has 0 spiro atoms. The number of fused-ring (bicyclic) bond motifs is 1. The molecule has 8 nitrogen and oxygen atoms in total. The molecule has 0 radical (unpaired) electrons. The highest BCUT2D eigenvalue weighted by Crippen LogP contribution is 2.36. The summed E-state index contributed by atoms with van der Waals surface area (Å²) in [5, 5.41) is 7.54. The number of halogens is 4. The second-order valence-corrected chi connectivity index (χ2v) is 9.93. The second-order valence-electron chi connectivity index (χ2n) is 9.52. The van der Waals surface area contributed by atoms with Crippen LogP contribution in [0.5, 0.6) is 5.75 Å². The van der Waals surface area contributed by atoms with Crippen molar-refractivity contribution in [1.82, 2.24) is 19.8 Å². The molecule has 1 fully saturated rings. The third-order valence-electron chi connectivity index (χ3n) is 7.15. The van der Waals surface area contributed by atoms with Crippen molar-refractivity contribution < 1.29 is 13.9 Å². The summed E-state index contributed by atoms with van der Waals surface area (Å²) < 4.78 is 21.8. The molecule has 5 heterocycles. The summed E-state index contributed by atoms with van der Waals surface area (Å²) in [5.74, 6) is 0.830. The van der Waals surface area contributed by atoms with E-state index >= 15 is 0 Å². The average molecular weight is 571 g/mol. The summed E-state index contributed by atoms with van der Waals surface area (Å²) >= 11 is 6.35. The fourth-order valence-corrected chi connectivity index (χ4v) is 5.73. The van der Waals surface area contributed by atoms with Crippen molar-refractivity contribution in [1.29, 1.82) is 0 Å². The van der Waals surface area contributed by atoms with Crippen molar-refractivity contribution in [2.45, 2.75) is 25.4 Å². The molecule has 3 aliphatic heterocycles. The van der Waals surface area contributed by atoms with E-state index in [0.717, 1.165) is 43.5 Å². The molecule has 3 aliphatic rings. The zero-order valence-corrected chi connectivity index (χ0v) is 22.2. The van der Waals surface area contributed by atoms with Gasteiger partial charge in [0.15, 0.2) is 18.2 Å². The fraction of sp³-hybridized carbons (Fsp3) is 0.400. The molecule has 37 heavy (non-hydrogen) atoms. The number of aromatic nitrogens is 2. The summed E-state index contributed by atoms with van der Waals surface area (Å²) in [6, 6.07) is 8.28. The van der Waals surface area contributed by atoms with Crippen LogP contribution in [0.3, 0.4) is 0 Å². The molecule has 2 atom stereocenters. The van der Waals surface area contributed by atoms with Crippen molar-refractivity contribution in [2.24, 2.45) is 5.92 Å². The largest absolute Gasteiger partial charge is 0.480 e. The van der Waals surface area contributed by atoms with E-state index in [0.29, 0.717) is 46.9 Å². The van der Waals surface area contributed by atoms with E-state index in [1.165, 1.54) is 6.07 Å². The molecule has 3 aromatic rings. The molecule has 1 amide bonds. The number of nitrogens with zero attached hydrogens (tertiary/aromatic N) is 3. The predicted octanol–water partition coefficient (Wildman–Crippen LogP) is 3.57. The molecule has 198 valence electrons. The quantitative estimate of drug-likeness (QED) is 0.471. The van der Waals surface area contributed by atoms with Gasteiger partial charge in [-0.2, -0.15) is 0 Å². The monoisotopic (exact) mass is 569 g/mol. The summed E-state index contributed by atoms with van der Waals surface area (Å²) in [5.41, 5.74) is 2.00. The number of likely N-dealkylation sites (tertiary alicyclic amines) is 1. The second kappa shape index (κ2) is 11.1. The first-order valence-electron chi connectivity index (χ1n) is 11.8. The first-order valence-corrected chi connectivity index (χ1v) is 12.2. The Labute approximate surface area is 230 Å². The number of ether oxygens (including phenoxy) is 1. The van der Waals surface area contributed by atoms with Crippen molar-refractivity contribution in [3.63, 3.8) is 0 Å². The maximum atomic E-state index is 14.8. The first-order chi connectivity index (χ1) is 17.0. The van der Waals surface area contributed by atoms with Crippen LogP contribution in [0.15, 0.2) is 35.1 Å². The molecule has 0 saturated carbocycles. The van der Waals surface area contributed by atoms with Crippen LogP contribution in [-0.4, -0.2) is 53.1 Å². The fourth-order valence-electron chi connectivity index (χ4n) is 5.52. The number of carbonyl (C=O) groups excluding carboxylic acids is 1. The number of nitrogens with one attached hydrogen (secondary N) is 2. The molecule has 2 aromatic heterocycles. The Morgan fingerprint density at radius 3 is 2.84 bits per heavy atom. The van der Waals surface area contributed by atoms with E-state index in [-0.39, 0.29) is 54.6 Å². The molecular weight excluding hydrogens is 544 g/mol. The first kappa shape index (κ1) is 27.6. The molecule has 1 aromatic carbocycles. The molecule has 2 unspecified atom stereocenters. The maximum absolute atomic E-state index is 14.8. The lowest BCUT2D eigenvalue weighted by Gasteiger charge is -2.21. The maximum Gasteiger partial charge on any atom is 0.263 e. The SMILES string of the molecule is Cl.Cl.O=C1COc2cc(Cl)c(CNCC3CCN(CC4Cn5c(=O)ccc6ccc(F)c4c65)C3)nc2N1. The minimum Gasteiger partial charge on any atom is -0.480 e. The van der Waals surface area contributed by atoms with Gasteiger partial charge in [-0.1, -0.05) is 11.6 Å². The van der Waals surface area contributed by atoms with Gasteiger partial charge in [-0.15, -0.1) is 24.8 Å². The van der Waals surface area contributed by atoms with Crippen molar-refractivity contribution in [3.8, 4) is 5.75 Å². The number of hydrogen-bond acceptors (Lipinski definition) is 6. The molecule has 1 saturated heterocycles. The Kier molecular flexibility index (Phi) is 8.30. The third kappa shape index (κ3) is 5.28. The van der Waals surface area contributed by atoms with Gasteiger partial charge in [0.1, 0.15) is 5.82 Å².